The molecule has 0 spiro atoms. The first-order valence-corrected chi connectivity index (χ1v) is 14.7. The van der Waals surface area contributed by atoms with Crippen LogP contribution in [0.4, 0.5) is 0 Å². The van der Waals surface area contributed by atoms with Gasteiger partial charge in [-0.05, 0) is 44.0 Å². The molecular formula is C28H35N5O5S. The van der Waals surface area contributed by atoms with E-state index in [-0.39, 0.29) is 16.3 Å². The summed E-state index contributed by atoms with van der Waals surface area (Å²) < 4.78 is 36.6. The van der Waals surface area contributed by atoms with Crippen molar-refractivity contribution in [1.82, 2.24) is 24.3 Å². The molecule has 0 saturated heterocycles. The van der Waals surface area contributed by atoms with Crippen molar-refractivity contribution in [3.63, 3.8) is 0 Å². The monoisotopic (exact) mass is 553 g/mol. The number of imidazole rings is 1. The maximum Gasteiger partial charge on any atom is 0.277 e. The number of aliphatic hydroxyl groups is 1. The van der Waals surface area contributed by atoms with Gasteiger partial charge in [0.25, 0.3) is 5.56 Å². The highest BCUT2D eigenvalue weighted by Crippen LogP contribution is 2.31. The zero-order chi connectivity index (χ0) is 28.0. The predicted molar refractivity (Wildman–Crippen MR) is 149 cm³/mol. The Labute approximate surface area is 228 Å². The summed E-state index contributed by atoms with van der Waals surface area (Å²) in [6, 6.07) is 12.4. The van der Waals surface area contributed by atoms with Crippen molar-refractivity contribution in [2.75, 3.05) is 13.2 Å². The van der Waals surface area contributed by atoms with Crippen LogP contribution in [-0.2, 0) is 16.4 Å². The maximum absolute atomic E-state index is 13.4. The van der Waals surface area contributed by atoms with Crippen LogP contribution in [0, 0.1) is 6.92 Å². The average Bonchev–Trinajstić information content (AvgIpc) is 3.26. The number of nitrogens with one attached hydrogen (secondary N) is 2. The summed E-state index contributed by atoms with van der Waals surface area (Å²) >= 11 is 0. The van der Waals surface area contributed by atoms with Crippen LogP contribution in [0.1, 0.15) is 62.7 Å². The molecule has 0 bridgehead atoms. The second kappa shape index (κ2) is 12.5. The third kappa shape index (κ3) is 6.38. The zero-order valence-electron chi connectivity index (χ0n) is 22.5. The number of nitrogens with zero attached hydrogens (tertiary/aromatic N) is 3. The van der Waals surface area contributed by atoms with Crippen molar-refractivity contribution < 1.29 is 18.3 Å². The highest BCUT2D eigenvalue weighted by molar-refractivity contribution is 7.89. The summed E-state index contributed by atoms with van der Waals surface area (Å²) in [6.45, 7) is 5.65. The van der Waals surface area contributed by atoms with Crippen LogP contribution in [0.5, 0.6) is 5.75 Å². The Morgan fingerprint density at radius 3 is 2.56 bits per heavy atom. The minimum atomic E-state index is -4.06. The molecule has 0 aliphatic rings. The SMILES string of the molecule is CCCCCCc1nc(C)c2c(=O)[nH]c(-c3cc(S(=O)(=O)NC(CO)c4ccccc4)ccc3OCC)nn12. The lowest BCUT2D eigenvalue weighted by molar-refractivity contribution is 0.259. The molecule has 0 saturated carbocycles. The number of ether oxygens (including phenoxy) is 1. The number of aliphatic hydroxyl groups excluding tert-OH is 1. The zero-order valence-corrected chi connectivity index (χ0v) is 23.3. The molecule has 2 aromatic heterocycles. The summed E-state index contributed by atoms with van der Waals surface area (Å²) in [5.74, 6) is 1.23. The van der Waals surface area contributed by atoms with Crippen LogP contribution in [0.3, 0.4) is 0 Å². The molecule has 39 heavy (non-hydrogen) atoms. The normalized spacial score (nSPS) is 12.6. The third-order valence-electron chi connectivity index (χ3n) is 6.49. The smallest absolute Gasteiger partial charge is 0.277 e. The number of aryl methyl sites for hydroxylation is 2. The van der Waals surface area contributed by atoms with E-state index in [0.717, 1.165) is 25.7 Å². The Morgan fingerprint density at radius 2 is 1.87 bits per heavy atom. The lowest BCUT2D eigenvalue weighted by Gasteiger charge is -2.18. The van der Waals surface area contributed by atoms with Gasteiger partial charge in [-0.3, -0.25) is 4.79 Å². The van der Waals surface area contributed by atoms with E-state index in [1.807, 2.05) is 13.0 Å². The van der Waals surface area contributed by atoms with Gasteiger partial charge >= 0.3 is 0 Å². The first-order valence-electron chi connectivity index (χ1n) is 13.2. The van der Waals surface area contributed by atoms with Gasteiger partial charge in [0.05, 0.1) is 35.4 Å². The van der Waals surface area contributed by atoms with Gasteiger partial charge in [-0.1, -0.05) is 56.5 Å². The molecule has 4 aromatic rings. The molecule has 0 aliphatic carbocycles. The van der Waals surface area contributed by atoms with Gasteiger partial charge in [0, 0.05) is 6.42 Å². The fraction of sp³-hybridized carbons (Fsp3) is 0.393. The summed E-state index contributed by atoms with van der Waals surface area (Å²) in [5, 5.41) is 14.6. The quantitative estimate of drug-likeness (QED) is 0.213. The van der Waals surface area contributed by atoms with E-state index in [2.05, 4.69) is 26.7 Å². The second-order valence-electron chi connectivity index (χ2n) is 9.35. The number of H-pyrrole nitrogens is 1. The van der Waals surface area contributed by atoms with Crippen molar-refractivity contribution in [3.05, 3.63) is 76.0 Å². The highest BCUT2D eigenvalue weighted by Gasteiger charge is 2.24. The van der Waals surface area contributed by atoms with Crippen molar-refractivity contribution in [2.24, 2.45) is 0 Å². The summed E-state index contributed by atoms with van der Waals surface area (Å²) in [7, 11) is -4.06. The molecular weight excluding hydrogens is 518 g/mol. The van der Waals surface area contributed by atoms with Gasteiger partial charge in [0.1, 0.15) is 11.6 Å². The maximum atomic E-state index is 13.4. The molecule has 0 fully saturated rings. The molecule has 2 aromatic carbocycles. The third-order valence-corrected chi connectivity index (χ3v) is 7.96. The fourth-order valence-electron chi connectivity index (χ4n) is 4.52. The molecule has 0 amide bonds. The van der Waals surface area contributed by atoms with Gasteiger partial charge in [0.2, 0.25) is 10.0 Å². The van der Waals surface area contributed by atoms with Gasteiger partial charge in [-0.15, -0.1) is 5.10 Å². The summed E-state index contributed by atoms with van der Waals surface area (Å²) in [4.78, 5) is 20.4. The van der Waals surface area contributed by atoms with E-state index in [0.29, 0.717) is 46.9 Å². The molecule has 1 unspecified atom stereocenters. The Hall–Kier alpha value is -3.54. The Bertz CT molecular complexity index is 1580. The molecule has 0 radical (unpaired) electrons. The van der Waals surface area contributed by atoms with Crippen LogP contribution >= 0.6 is 0 Å². The van der Waals surface area contributed by atoms with Crippen molar-refractivity contribution in [1.29, 1.82) is 0 Å². The molecule has 10 nitrogen and oxygen atoms in total. The van der Waals surface area contributed by atoms with Gasteiger partial charge < -0.3 is 14.8 Å². The molecule has 1 atom stereocenters. The summed E-state index contributed by atoms with van der Waals surface area (Å²) in [6.07, 6.45) is 4.88. The number of fused-ring (bicyclic) bond motifs is 1. The van der Waals surface area contributed by atoms with E-state index in [9.17, 15) is 18.3 Å². The van der Waals surface area contributed by atoms with E-state index >= 15 is 0 Å². The highest BCUT2D eigenvalue weighted by atomic mass is 32.2. The first kappa shape index (κ1) is 28.5. The number of benzene rings is 2. The fourth-order valence-corrected chi connectivity index (χ4v) is 5.76. The van der Waals surface area contributed by atoms with Crippen molar-refractivity contribution in [3.8, 4) is 17.1 Å². The van der Waals surface area contributed by atoms with Gasteiger partial charge in [-0.2, -0.15) is 0 Å². The topological polar surface area (TPSA) is 139 Å². The van der Waals surface area contributed by atoms with Crippen LogP contribution < -0.4 is 15.0 Å². The molecule has 0 aliphatic heterocycles. The number of hydrogen-bond acceptors (Lipinski definition) is 7. The number of unbranched alkanes of at least 4 members (excludes halogenated alkanes) is 3. The minimum Gasteiger partial charge on any atom is -0.493 e. The molecule has 3 N–H and O–H groups in total. The largest absolute Gasteiger partial charge is 0.493 e. The Kier molecular flexibility index (Phi) is 9.16. The first-order chi connectivity index (χ1) is 18.8. The number of aromatic nitrogens is 4. The molecule has 2 heterocycles. The molecule has 11 heteroatoms. The van der Waals surface area contributed by atoms with Crippen LogP contribution in [0.25, 0.3) is 16.9 Å². The van der Waals surface area contributed by atoms with Crippen LogP contribution in [-0.4, -0.2) is 46.3 Å². The summed E-state index contributed by atoms with van der Waals surface area (Å²) in [5.41, 5.74) is 1.53. The lowest BCUT2D eigenvalue weighted by Crippen LogP contribution is -2.31. The molecule has 208 valence electrons. The number of rotatable bonds is 13. The van der Waals surface area contributed by atoms with Gasteiger partial charge in [0.15, 0.2) is 11.3 Å². The second-order valence-corrected chi connectivity index (χ2v) is 11.1. The van der Waals surface area contributed by atoms with Crippen LogP contribution in [0.15, 0.2) is 58.2 Å². The van der Waals surface area contributed by atoms with E-state index in [4.69, 9.17) is 4.74 Å². The van der Waals surface area contributed by atoms with Crippen molar-refractivity contribution in [2.45, 2.75) is 63.8 Å². The van der Waals surface area contributed by atoms with E-state index in [1.54, 1.807) is 41.8 Å². The average molecular weight is 554 g/mol. The van der Waals surface area contributed by atoms with E-state index < -0.39 is 22.7 Å². The standard InChI is InChI=1S/C28H35N5O5S/c1-4-6-7-11-14-25-29-19(3)26-28(35)30-27(31-33(25)26)22-17-21(15-16-24(22)38-5-2)39(36,37)32-23(18-34)20-12-9-8-10-13-20/h8-10,12-13,15-17,23,32,34H,4-7,11,14,18H2,1-3H3,(H,30,31,35). The Morgan fingerprint density at radius 1 is 1.10 bits per heavy atom. The predicted octanol–water partition coefficient (Wildman–Crippen LogP) is 3.93. The molecule has 4 rings (SSSR count). The Balaban J connectivity index is 1.76. The van der Waals surface area contributed by atoms with Crippen molar-refractivity contribution >= 4 is 15.5 Å². The van der Waals surface area contributed by atoms with Gasteiger partial charge in [-0.25, -0.2) is 22.6 Å². The number of sulfonamides is 1. The van der Waals surface area contributed by atoms with Crippen LogP contribution in [0.2, 0.25) is 0 Å². The number of hydrogen-bond donors (Lipinski definition) is 3. The minimum absolute atomic E-state index is 0.0559. The van der Waals surface area contributed by atoms with E-state index in [1.165, 1.54) is 12.1 Å². The lowest BCUT2D eigenvalue weighted by atomic mass is 10.1. The number of aromatic amines is 1.